The van der Waals surface area contributed by atoms with Crippen molar-refractivity contribution in [2.24, 2.45) is 16.6 Å². The van der Waals surface area contributed by atoms with Crippen LogP contribution >= 0.6 is 0 Å². The molecule has 1 aliphatic heterocycles. The first-order valence-electron chi connectivity index (χ1n) is 8.78. The zero-order valence-electron chi connectivity index (χ0n) is 13.7. The van der Waals surface area contributed by atoms with Gasteiger partial charge in [0.15, 0.2) is 17.5 Å². The molecule has 1 heterocycles. The Labute approximate surface area is 138 Å². The minimum atomic E-state index is 0.476. The first kappa shape index (κ1) is 16.0. The number of nitrogens with zero attached hydrogens (tertiary/aromatic N) is 1. The third-order valence-electron chi connectivity index (χ3n) is 4.51. The summed E-state index contributed by atoms with van der Waals surface area (Å²) in [5.41, 5.74) is 6.92. The maximum absolute atomic E-state index is 6.04. The zero-order valence-corrected chi connectivity index (χ0v) is 13.7. The molecule has 2 aliphatic rings. The van der Waals surface area contributed by atoms with Gasteiger partial charge in [0.2, 0.25) is 0 Å². The second kappa shape index (κ2) is 8.09. The van der Waals surface area contributed by atoms with Crippen molar-refractivity contribution >= 4 is 11.6 Å². The first-order chi connectivity index (χ1) is 11.3. The Morgan fingerprint density at radius 2 is 1.78 bits per heavy atom. The summed E-state index contributed by atoms with van der Waals surface area (Å²) < 4.78 is 11.3. The van der Waals surface area contributed by atoms with E-state index in [2.05, 4.69) is 10.3 Å². The first-order valence-corrected chi connectivity index (χ1v) is 8.78. The van der Waals surface area contributed by atoms with Crippen molar-refractivity contribution in [2.75, 3.05) is 25.1 Å². The lowest BCUT2D eigenvalue weighted by molar-refractivity contribution is 0.297. The van der Waals surface area contributed by atoms with Gasteiger partial charge in [0.1, 0.15) is 0 Å². The maximum Gasteiger partial charge on any atom is 0.193 e. The van der Waals surface area contributed by atoms with Gasteiger partial charge in [-0.15, -0.1) is 0 Å². The van der Waals surface area contributed by atoms with Crippen LogP contribution < -0.4 is 20.5 Å². The molecule has 0 spiro atoms. The molecule has 1 aliphatic carbocycles. The topological polar surface area (TPSA) is 68.9 Å². The molecule has 1 aromatic carbocycles. The van der Waals surface area contributed by atoms with E-state index in [1.165, 1.54) is 38.5 Å². The van der Waals surface area contributed by atoms with E-state index in [4.69, 9.17) is 15.2 Å². The Bertz CT molecular complexity index is 537. The highest BCUT2D eigenvalue weighted by atomic mass is 16.5. The van der Waals surface area contributed by atoms with Gasteiger partial charge in [0.05, 0.1) is 13.2 Å². The molecule has 3 rings (SSSR count). The largest absolute Gasteiger partial charge is 0.490 e. The average molecular weight is 317 g/mol. The Morgan fingerprint density at radius 3 is 2.57 bits per heavy atom. The van der Waals surface area contributed by atoms with E-state index >= 15 is 0 Å². The van der Waals surface area contributed by atoms with Crippen LogP contribution in [0.3, 0.4) is 0 Å². The second-order valence-corrected chi connectivity index (χ2v) is 6.42. The fourth-order valence-electron chi connectivity index (χ4n) is 3.20. The summed E-state index contributed by atoms with van der Waals surface area (Å²) in [6, 6.07) is 5.79. The summed E-state index contributed by atoms with van der Waals surface area (Å²) in [6.45, 7) is 2.20. The molecule has 1 fully saturated rings. The molecule has 5 nitrogen and oxygen atoms in total. The van der Waals surface area contributed by atoms with Gasteiger partial charge < -0.3 is 20.5 Å². The van der Waals surface area contributed by atoms with Gasteiger partial charge in [-0.05, 0) is 30.9 Å². The Kier molecular flexibility index (Phi) is 5.61. The van der Waals surface area contributed by atoms with E-state index in [-0.39, 0.29) is 0 Å². The number of nitrogens with one attached hydrogen (secondary N) is 1. The van der Waals surface area contributed by atoms with Crippen LogP contribution in [0.15, 0.2) is 23.2 Å². The summed E-state index contributed by atoms with van der Waals surface area (Å²) in [4.78, 5) is 4.53. The lowest BCUT2D eigenvalue weighted by Crippen LogP contribution is -2.23. The van der Waals surface area contributed by atoms with Gasteiger partial charge in [-0.25, -0.2) is 0 Å². The number of guanidine groups is 1. The van der Waals surface area contributed by atoms with Crippen LogP contribution in [0.25, 0.3) is 0 Å². The van der Waals surface area contributed by atoms with E-state index < -0.39 is 0 Å². The molecule has 0 atom stereocenters. The SMILES string of the molecule is NC(=NCC1CCCCCC1)Nc1ccc2c(c1)OCCCO2. The number of aliphatic imine (C=N–C) groups is 1. The van der Waals surface area contributed by atoms with Gasteiger partial charge >= 0.3 is 0 Å². The number of hydrogen-bond acceptors (Lipinski definition) is 3. The molecule has 5 heteroatoms. The Hall–Kier alpha value is -1.91. The molecule has 0 unspecified atom stereocenters. The number of anilines is 1. The second-order valence-electron chi connectivity index (χ2n) is 6.42. The van der Waals surface area contributed by atoms with Crippen LogP contribution in [0, 0.1) is 5.92 Å². The van der Waals surface area contributed by atoms with Gasteiger partial charge in [-0.1, -0.05) is 25.7 Å². The minimum Gasteiger partial charge on any atom is -0.490 e. The molecule has 1 saturated carbocycles. The summed E-state index contributed by atoms with van der Waals surface area (Å²) in [5.74, 6) is 2.72. The summed E-state index contributed by atoms with van der Waals surface area (Å²) in [7, 11) is 0. The smallest absolute Gasteiger partial charge is 0.193 e. The molecule has 0 saturated heterocycles. The van der Waals surface area contributed by atoms with E-state index in [0.29, 0.717) is 25.1 Å². The Balaban J connectivity index is 1.57. The number of ether oxygens (including phenoxy) is 2. The fourth-order valence-corrected chi connectivity index (χ4v) is 3.20. The molecule has 0 radical (unpaired) electrons. The van der Waals surface area contributed by atoms with Crippen molar-refractivity contribution < 1.29 is 9.47 Å². The predicted molar refractivity (Wildman–Crippen MR) is 93.4 cm³/mol. The third-order valence-corrected chi connectivity index (χ3v) is 4.51. The lowest BCUT2D eigenvalue weighted by Gasteiger charge is -2.13. The highest BCUT2D eigenvalue weighted by molar-refractivity contribution is 5.92. The monoisotopic (exact) mass is 317 g/mol. The van der Waals surface area contributed by atoms with Crippen LogP contribution in [-0.2, 0) is 0 Å². The highest BCUT2D eigenvalue weighted by Gasteiger charge is 2.13. The molecule has 0 amide bonds. The number of nitrogens with two attached hydrogens (primary N) is 1. The van der Waals surface area contributed by atoms with Crippen LogP contribution in [0.1, 0.15) is 44.9 Å². The molecular weight excluding hydrogens is 290 g/mol. The normalized spacial score (nSPS) is 19.7. The van der Waals surface area contributed by atoms with Crippen molar-refractivity contribution in [1.29, 1.82) is 0 Å². The fraction of sp³-hybridized carbons (Fsp3) is 0.611. The lowest BCUT2D eigenvalue weighted by atomic mass is 10.0. The zero-order chi connectivity index (χ0) is 15.9. The van der Waals surface area contributed by atoms with Crippen molar-refractivity contribution in [3.8, 4) is 11.5 Å². The van der Waals surface area contributed by atoms with Crippen molar-refractivity contribution in [2.45, 2.75) is 44.9 Å². The summed E-state index contributed by atoms with van der Waals surface area (Å²) in [6.07, 6.45) is 8.85. The van der Waals surface area contributed by atoms with E-state index in [0.717, 1.165) is 30.2 Å². The van der Waals surface area contributed by atoms with Crippen molar-refractivity contribution in [3.05, 3.63) is 18.2 Å². The molecular formula is C18H27N3O2. The quantitative estimate of drug-likeness (QED) is 0.508. The van der Waals surface area contributed by atoms with E-state index in [9.17, 15) is 0 Å². The molecule has 23 heavy (non-hydrogen) atoms. The highest BCUT2D eigenvalue weighted by Crippen LogP contribution is 2.32. The van der Waals surface area contributed by atoms with Crippen LogP contribution in [0.4, 0.5) is 5.69 Å². The summed E-state index contributed by atoms with van der Waals surface area (Å²) >= 11 is 0. The van der Waals surface area contributed by atoms with Crippen molar-refractivity contribution in [3.63, 3.8) is 0 Å². The number of benzene rings is 1. The molecule has 0 aromatic heterocycles. The average Bonchev–Trinajstić information content (AvgIpc) is 2.95. The van der Waals surface area contributed by atoms with Crippen LogP contribution in [0.2, 0.25) is 0 Å². The predicted octanol–water partition coefficient (Wildman–Crippen LogP) is 3.54. The molecule has 0 bridgehead atoms. The van der Waals surface area contributed by atoms with Gasteiger partial charge in [-0.3, -0.25) is 4.99 Å². The standard InChI is InChI=1S/C18H27N3O2/c19-18(20-13-14-6-3-1-2-4-7-14)21-15-8-9-16-17(12-15)23-11-5-10-22-16/h8-9,12,14H,1-7,10-11,13H2,(H3,19,20,21). The van der Waals surface area contributed by atoms with Crippen LogP contribution in [-0.4, -0.2) is 25.7 Å². The molecule has 1 aromatic rings. The van der Waals surface area contributed by atoms with Gasteiger partial charge in [0.25, 0.3) is 0 Å². The Morgan fingerprint density at radius 1 is 1.04 bits per heavy atom. The minimum absolute atomic E-state index is 0.476. The maximum atomic E-state index is 6.04. The number of rotatable bonds is 3. The van der Waals surface area contributed by atoms with E-state index in [1.54, 1.807) is 0 Å². The number of hydrogen-bond donors (Lipinski definition) is 2. The molecule has 126 valence electrons. The van der Waals surface area contributed by atoms with Crippen molar-refractivity contribution in [1.82, 2.24) is 0 Å². The number of fused-ring (bicyclic) bond motifs is 1. The van der Waals surface area contributed by atoms with E-state index in [1.807, 2.05) is 18.2 Å². The third kappa shape index (κ3) is 4.78. The van der Waals surface area contributed by atoms with Gasteiger partial charge in [-0.2, -0.15) is 0 Å². The van der Waals surface area contributed by atoms with Crippen LogP contribution in [0.5, 0.6) is 11.5 Å². The summed E-state index contributed by atoms with van der Waals surface area (Å²) in [5, 5.41) is 3.16. The van der Waals surface area contributed by atoms with Gasteiger partial charge in [0, 0.05) is 24.7 Å². The molecule has 3 N–H and O–H groups in total.